The minimum absolute atomic E-state index is 0.00374. The van der Waals surface area contributed by atoms with Gasteiger partial charge in [0.05, 0.1) is 24.9 Å². The lowest BCUT2D eigenvalue weighted by molar-refractivity contribution is -0.120. The van der Waals surface area contributed by atoms with E-state index in [-0.39, 0.29) is 23.3 Å². The molecule has 0 saturated heterocycles. The molecule has 1 saturated carbocycles. The molecule has 2 aliphatic rings. The molecule has 2 unspecified atom stereocenters. The molecule has 1 N–H and O–H groups in total. The number of amides is 1. The van der Waals surface area contributed by atoms with E-state index in [9.17, 15) is 14.7 Å². The van der Waals surface area contributed by atoms with Crippen molar-refractivity contribution in [3.63, 3.8) is 0 Å². The molecule has 0 bridgehead atoms. The molecule has 1 aliphatic heterocycles. The minimum Gasteiger partial charge on any atom is -0.493 e. The number of aryl methyl sites for hydroxylation is 1. The molecule has 204 valence electrons. The van der Waals surface area contributed by atoms with Gasteiger partial charge in [0.25, 0.3) is 0 Å². The molecule has 7 nitrogen and oxygen atoms in total. The first-order valence-electron chi connectivity index (χ1n) is 13.9. The van der Waals surface area contributed by atoms with Gasteiger partial charge in [-0.1, -0.05) is 36.4 Å². The van der Waals surface area contributed by atoms with Crippen molar-refractivity contribution in [2.75, 3.05) is 18.1 Å². The molecule has 4 aromatic rings. The van der Waals surface area contributed by atoms with E-state index < -0.39 is 5.97 Å². The van der Waals surface area contributed by atoms with Gasteiger partial charge in [0.15, 0.2) is 0 Å². The zero-order valence-corrected chi connectivity index (χ0v) is 22.8. The highest BCUT2D eigenvalue weighted by molar-refractivity contribution is 5.99. The molecule has 1 aliphatic carbocycles. The van der Waals surface area contributed by atoms with Crippen molar-refractivity contribution < 1.29 is 19.4 Å². The van der Waals surface area contributed by atoms with Gasteiger partial charge in [-0.3, -0.25) is 9.48 Å². The summed E-state index contributed by atoms with van der Waals surface area (Å²) in [6, 6.07) is 19.2. The minimum atomic E-state index is -0.940. The SMILES string of the molecule is Cc1cccc(OCC2CC2C(=O)N2CCCc3c(-c4cnn(Cc5cccc(C(=O)O)c5)c4)cccc32)c1C. The third kappa shape index (κ3) is 5.11. The van der Waals surface area contributed by atoms with Crippen LogP contribution in [0.5, 0.6) is 5.75 Å². The smallest absolute Gasteiger partial charge is 0.335 e. The molecule has 1 amide bonds. The first-order valence-corrected chi connectivity index (χ1v) is 13.9. The Kier molecular flexibility index (Phi) is 6.88. The maximum absolute atomic E-state index is 13.6. The summed E-state index contributed by atoms with van der Waals surface area (Å²) in [7, 11) is 0. The molecule has 6 rings (SSSR count). The zero-order chi connectivity index (χ0) is 27.8. The van der Waals surface area contributed by atoms with Crippen LogP contribution in [0.3, 0.4) is 0 Å². The van der Waals surface area contributed by atoms with Crippen LogP contribution >= 0.6 is 0 Å². The Morgan fingerprint density at radius 3 is 2.75 bits per heavy atom. The number of anilines is 1. The van der Waals surface area contributed by atoms with E-state index in [4.69, 9.17) is 4.74 Å². The zero-order valence-electron chi connectivity index (χ0n) is 22.8. The summed E-state index contributed by atoms with van der Waals surface area (Å²) in [5, 5.41) is 13.8. The highest BCUT2D eigenvalue weighted by Crippen LogP contribution is 2.43. The number of rotatable bonds is 8. The summed E-state index contributed by atoms with van der Waals surface area (Å²) in [5.41, 5.74) is 7.76. The maximum atomic E-state index is 13.6. The quantitative estimate of drug-likeness (QED) is 0.303. The van der Waals surface area contributed by atoms with Crippen molar-refractivity contribution in [1.82, 2.24) is 9.78 Å². The second-order valence-electron chi connectivity index (χ2n) is 10.9. The lowest BCUT2D eigenvalue weighted by Gasteiger charge is -2.31. The standard InChI is InChI=1S/C33H33N3O4/c1-21-7-3-13-31(22(21)2)40-20-25-16-29(25)32(37)36-14-6-11-28-27(10-5-12-30(28)36)26-17-34-35(19-26)18-23-8-4-9-24(15-23)33(38)39/h3-5,7-10,12-13,15,17,19,25,29H,6,11,14,16,18,20H2,1-2H3,(H,38,39). The fraction of sp³-hybridized carbons (Fsp3) is 0.303. The topological polar surface area (TPSA) is 84.7 Å². The number of carbonyl (C=O) groups excluding carboxylic acids is 1. The van der Waals surface area contributed by atoms with Gasteiger partial charge in [-0.2, -0.15) is 5.10 Å². The molecular weight excluding hydrogens is 502 g/mol. The number of hydrogen-bond acceptors (Lipinski definition) is 4. The van der Waals surface area contributed by atoms with Crippen LogP contribution in [0.15, 0.2) is 73.1 Å². The maximum Gasteiger partial charge on any atom is 0.335 e. The molecule has 40 heavy (non-hydrogen) atoms. The molecular formula is C33H33N3O4. The molecule has 0 radical (unpaired) electrons. The van der Waals surface area contributed by atoms with Gasteiger partial charge in [0.1, 0.15) is 5.75 Å². The van der Waals surface area contributed by atoms with Crippen LogP contribution in [-0.2, 0) is 17.8 Å². The van der Waals surface area contributed by atoms with E-state index in [2.05, 4.69) is 37.1 Å². The third-order valence-electron chi connectivity index (χ3n) is 8.23. The summed E-state index contributed by atoms with van der Waals surface area (Å²) in [6.07, 6.45) is 6.53. The highest BCUT2D eigenvalue weighted by atomic mass is 16.5. The number of fused-ring (bicyclic) bond motifs is 1. The van der Waals surface area contributed by atoms with Crippen LogP contribution < -0.4 is 9.64 Å². The number of carboxylic acid groups (broad SMARTS) is 1. The summed E-state index contributed by atoms with van der Waals surface area (Å²) in [6.45, 7) is 5.93. The fourth-order valence-corrected chi connectivity index (χ4v) is 5.71. The fourth-order valence-electron chi connectivity index (χ4n) is 5.71. The average Bonchev–Trinajstić information content (AvgIpc) is 3.60. The number of aromatic carboxylic acids is 1. The van der Waals surface area contributed by atoms with Gasteiger partial charge in [-0.05, 0) is 85.2 Å². The Morgan fingerprint density at radius 2 is 1.90 bits per heavy atom. The number of carboxylic acids is 1. The second-order valence-corrected chi connectivity index (χ2v) is 10.9. The summed E-state index contributed by atoms with van der Waals surface area (Å²) >= 11 is 0. The van der Waals surface area contributed by atoms with Crippen LogP contribution in [0.2, 0.25) is 0 Å². The third-order valence-corrected chi connectivity index (χ3v) is 8.23. The van der Waals surface area contributed by atoms with E-state index in [0.717, 1.165) is 59.5 Å². The molecule has 1 aromatic heterocycles. The number of ether oxygens (including phenoxy) is 1. The van der Waals surface area contributed by atoms with Gasteiger partial charge in [0, 0.05) is 35.8 Å². The Labute approximate surface area is 234 Å². The first-order chi connectivity index (χ1) is 19.4. The van der Waals surface area contributed by atoms with E-state index in [1.807, 2.05) is 46.2 Å². The summed E-state index contributed by atoms with van der Waals surface area (Å²) in [5.74, 6) is 0.412. The van der Waals surface area contributed by atoms with Crippen LogP contribution in [0.25, 0.3) is 11.1 Å². The largest absolute Gasteiger partial charge is 0.493 e. The molecule has 3 aromatic carbocycles. The van der Waals surface area contributed by atoms with Gasteiger partial charge in [-0.15, -0.1) is 0 Å². The predicted molar refractivity (Wildman–Crippen MR) is 154 cm³/mol. The Morgan fingerprint density at radius 1 is 1.07 bits per heavy atom. The lowest BCUT2D eigenvalue weighted by Crippen LogP contribution is -2.37. The lowest BCUT2D eigenvalue weighted by atomic mass is 9.93. The second kappa shape index (κ2) is 10.6. The van der Waals surface area contributed by atoms with Gasteiger partial charge >= 0.3 is 5.97 Å². The van der Waals surface area contributed by atoms with Crippen LogP contribution in [0.4, 0.5) is 5.69 Å². The van der Waals surface area contributed by atoms with Crippen LogP contribution in [0.1, 0.15) is 45.5 Å². The monoisotopic (exact) mass is 535 g/mol. The van der Waals surface area contributed by atoms with Crippen molar-refractivity contribution in [2.45, 2.75) is 39.7 Å². The Balaban J connectivity index is 1.16. The van der Waals surface area contributed by atoms with Crippen LogP contribution in [-0.4, -0.2) is 39.9 Å². The molecule has 1 fully saturated rings. The van der Waals surface area contributed by atoms with E-state index in [1.54, 1.807) is 18.2 Å². The van der Waals surface area contributed by atoms with Gasteiger partial charge in [0.2, 0.25) is 5.91 Å². The molecule has 2 atom stereocenters. The summed E-state index contributed by atoms with van der Waals surface area (Å²) in [4.78, 5) is 26.9. The van der Waals surface area contributed by atoms with Crippen molar-refractivity contribution >= 4 is 17.6 Å². The molecule has 7 heteroatoms. The first kappa shape index (κ1) is 25.9. The molecule has 2 heterocycles. The van der Waals surface area contributed by atoms with E-state index in [0.29, 0.717) is 13.2 Å². The van der Waals surface area contributed by atoms with Gasteiger partial charge < -0.3 is 14.7 Å². The van der Waals surface area contributed by atoms with Crippen LogP contribution in [0, 0.1) is 25.7 Å². The van der Waals surface area contributed by atoms with Crippen molar-refractivity contribution in [1.29, 1.82) is 0 Å². The van der Waals surface area contributed by atoms with Gasteiger partial charge in [-0.25, -0.2) is 4.79 Å². The highest BCUT2D eigenvalue weighted by Gasteiger charge is 2.46. The number of benzene rings is 3. The number of aromatic nitrogens is 2. The normalized spacial score (nSPS) is 17.8. The van der Waals surface area contributed by atoms with E-state index >= 15 is 0 Å². The average molecular weight is 536 g/mol. The Bertz CT molecular complexity index is 1590. The summed E-state index contributed by atoms with van der Waals surface area (Å²) < 4.78 is 7.94. The van der Waals surface area contributed by atoms with E-state index in [1.165, 1.54) is 11.1 Å². The number of hydrogen-bond donors (Lipinski definition) is 1. The molecule has 0 spiro atoms. The van der Waals surface area contributed by atoms with Crippen molar-refractivity contribution in [2.24, 2.45) is 11.8 Å². The predicted octanol–water partition coefficient (Wildman–Crippen LogP) is 5.91. The number of carbonyl (C=O) groups is 2. The van der Waals surface area contributed by atoms with Crippen molar-refractivity contribution in [3.8, 4) is 16.9 Å². The Hall–Kier alpha value is -4.39. The van der Waals surface area contributed by atoms with Crippen molar-refractivity contribution in [3.05, 3.63) is 101 Å². The number of nitrogens with zero attached hydrogens (tertiary/aromatic N) is 3.